The fourth-order valence-electron chi connectivity index (χ4n) is 3.90. The van der Waals surface area contributed by atoms with Gasteiger partial charge >= 0.3 is 6.09 Å². The number of carbonyl (C=O) groups excluding carboxylic acids is 2. The Labute approximate surface area is 166 Å². The molecule has 0 saturated carbocycles. The molecule has 3 rings (SSSR count). The van der Waals surface area contributed by atoms with E-state index in [1.165, 1.54) is 0 Å². The van der Waals surface area contributed by atoms with Crippen molar-refractivity contribution < 1.29 is 14.3 Å². The summed E-state index contributed by atoms with van der Waals surface area (Å²) in [6.45, 7) is 8.20. The van der Waals surface area contributed by atoms with Crippen LogP contribution in [0.4, 0.5) is 10.7 Å². The molecule has 0 aromatic carbocycles. The van der Waals surface area contributed by atoms with Crippen molar-refractivity contribution in [2.45, 2.75) is 58.1 Å². The average Bonchev–Trinajstić information content (AvgIpc) is 3.14. The Balaban J connectivity index is 1.56. The minimum absolute atomic E-state index is 0.0309. The van der Waals surface area contributed by atoms with E-state index in [1.54, 1.807) is 18.5 Å². The first-order valence-electron chi connectivity index (χ1n) is 10.1. The summed E-state index contributed by atoms with van der Waals surface area (Å²) in [5, 5.41) is 2.82. The van der Waals surface area contributed by atoms with Crippen LogP contribution in [0.5, 0.6) is 0 Å². The zero-order chi connectivity index (χ0) is 20.1. The number of rotatable bonds is 4. The number of amides is 2. The molecular formula is C20H31N5O3. The topological polar surface area (TPSA) is 87.7 Å². The molecule has 3 heterocycles. The molecule has 8 heteroatoms. The predicted molar refractivity (Wildman–Crippen MR) is 106 cm³/mol. The maximum Gasteiger partial charge on any atom is 0.407 e. The highest BCUT2D eigenvalue weighted by Crippen LogP contribution is 2.26. The van der Waals surface area contributed by atoms with Crippen molar-refractivity contribution >= 4 is 17.9 Å². The van der Waals surface area contributed by atoms with Crippen LogP contribution < -0.4 is 10.2 Å². The Kier molecular flexibility index (Phi) is 6.36. The van der Waals surface area contributed by atoms with E-state index < -0.39 is 11.7 Å². The molecule has 2 aliphatic heterocycles. The molecule has 2 fully saturated rings. The summed E-state index contributed by atoms with van der Waals surface area (Å²) >= 11 is 0. The van der Waals surface area contributed by atoms with Crippen LogP contribution in [0.25, 0.3) is 0 Å². The molecule has 0 radical (unpaired) electrons. The number of likely N-dealkylation sites (tertiary alicyclic amines) is 1. The lowest BCUT2D eigenvalue weighted by Gasteiger charge is -2.35. The number of nitrogens with one attached hydrogen (secondary N) is 1. The molecular weight excluding hydrogens is 358 g/mol. The van der Waals surface area contributed by atoms with Gasteiger partial charge in [0.05, 0.1) is 5.92 Å². The molecule has 0 unspecified atom stereocenters. The predicted octanol–water partition coefficient (Wildman–Crippen LogP) is 2.21. The van der Waals surface area contributed by atoms with Crippen molar-refractivity contribution in [2.24, 2.45) is 5.92 Å². The van der Waals surface area contributed by atoms with Gasteiger partial charge in [-0.15, -0.1) is 0 Å². The van der Waals surface area contributed by atoms with Crippen LogP contribution in [-0.2, 0) is 9.53 Å². The highest BCUT2D eigenvalue weighted by Gasteiger charge is 2.35. The van der Waals surface area contributed by atoms with E-state index in [2.05, 4.69) is 20.2 Å². The van der Waals surface area contributed by atoms with E-state index in [1.807, 2.05) is 25.7 Å². The Hall–Kier alpha value is -2.38. The molecule has 2 aliphatic rings. The molecule has 1 aromatic rings. The highest BCUT2D eigenvalue weighted by atomic mass is 16.6. The monoisotopic (exact) mass is 389 g/mol. The van der Waals surface area contributed by atoms with Gasteiger partial charge in [-0.3, -0.25) is 4.79 Å². The molecule has 1 N–H and O–H groups in total. The summed E-state index contributed by atoms with van der Waals surface area (Å²) in [6.07, 6.45) is 6.72. The Morgan fingerprint density at radius 1 is 1.18 bits per heavy atom. The summed E-state index contributed by atoms with van der Waals surface area (Å²) < 4.78 is 5.30. The van der Waals surface area contributed by atoms with E-state index in [4.69, 9.17) is 4.74 Å². The fraction of sp³-hybridized carbons (Fsp3) is 0.700. The molecule has 8 nitrogen and oxygen atoms in total. The smallest absolute Gasteiger partial charge is 0.407 e. The van der Waals surface area contributed by atoms with Gasteiger partial charge < -0.3 is 19.9 Å². The van der Waals surface area contributed by atoms with Gasteiger partial charge in [0.1, 0.15) is 5.60 Å². The SMILES string of the molecule is CC(C)(C)OC(=O)NC[C@@H]1CCCN1C(=O)[C@H]1CCCN(c2ncccn2)C1. The molecule has 1 aromatic heterocycles. The minimum atomic E-state index is -0.527. The number of carbonyl (C=O) groups is 2. The summed E-state index contributed by atoms with van der Waals surface area (Å²) in [6, 6.07) is 1.83. The number of hydrogen-bond donors (Lipinski definition) is 1. The van der Waals surface area contributed by atoms with Crippen LogP contribution in [0.1, 0.15) is 46.5 Å². The number of aromatic nitrogens is 2. The second-order valence-electron chi connectivity index (χ2n) is 8.54. The average molecular weight is 390 g/mol. The van der Waals surface area contributed by atoms with Crippen LogP contribution in [0.3, 0.4) is 0 Å². The van der Waals surface area contributed by atoms with Crippen molar-refractivity contribution in [3.8, 4) is 0 Å². The number of ether oxygens (including phenoxy) is 1. The van der Waals surface area contributed by atoms with Gasteiger partial charge in [0, 0.05) is 44.6 Å². The molecule has 2 amide bonds. The third kappa shape index (κ3) is 5.33. The standard InChI is InChI=1S/C20H31N5O3/c1-20(2,3)28-19(27)23-13-16-8-5-12-25(16)17(26)15-7-4-11-24(14-15)18-21-9-6-10-22-18/h6,9-10,15-16H,4-5,7-8,11-14H2,1-3H3,(H,23,27)/t15-,16-/m0/s1. The maximum atomic E-state index is 13.2. The van der Waals surface area contributed by atoms with E-state index >= 15 is 0 Å². The van der Waals surface area contributed by atoms with Crippen molar-refractivity contribution in [1.29, 1.82) is 0 Å². The van der Waals surface area contributed by atoms with E-state index in [0.717, 1.165) is 38.8 Å². The van der Waals surface area contributed by atoms with Crippen molar-refractivity contribution in [2.75, 3.05) is 31.1 Å². The minimum Gasteiger partial charge on any atom is -0.444 e. The summed E-state index contributed by atoms with van der Waals surface area (Å²) in [5.74, 6) is 0.804. The Bertz CT molecular complexity index is 676. The van der Waals surface area contributed by atoms with E-state index in [9.17, 15) is 9.59 Å². The quantitative estimate of drug-likeness (QED) is 0.849. The van der Waals surface area contributed by atoms with Gasteiger partial charge in [-0.2, -0.15) is 0 Å². The zero-order valence-electron chi connectivity index (χ0n) is 17.1. The lowest BCUT2D eigenvalue weighted by atomic mass is 9.96. The molecule has 2 saturated heterocycles. The van der Waals surface area contributed by atoms with Crippen LogP contribution in [0, 0.1) is 5.92 Å². The third-order valence-corrected chi connectivity index (χ3v) is 5.15. The Morgan fingerprint density at radius 3 is 2.61 bits per heavy atom. The molecule has 0 bridgehead atoms. The first kappa shape index (κ1) is 20.4. The van der Waals surface area contributed by atoms with Crippen LogP contribution >= 0.6 is 0 Å². The van der Waals surface area contributed by atoms with Crippen molar-refractivity contribution in [3.63, 3.8) is 0 Å². The van der Waals surface area contributed by atoms with Gasteiger partial charge in [-0.25, -0.2) is 14.8 Å². The van der Waals surface area contributed by atoms with Crippen molar-refractivity contribution in [3.05, 3.63) is 18.5 Å². The van der Waals surface area contributed by atoms with E-state index in [0.29, 0.717) is 19.0 Å². The summed E-state index contributed by atoms with van der Waals surface area (Å²) in [5.41, 5.74) is -0.527. The molecule has 154 valence electrons. The van der Waals surface area contributed by atoms with Crippen LogP contribution in [0.15, 0.2) is 18.5 Å². The number of alkyl carbamates (subject to hydrolysis) is 1. The summed E-state index contributed by atoms with van der Waals surface area (Å²) in [7, 11) is 0. The van der Waals surface area contributed by atoms with Gasteiger partial charge in [-0.05, 0) is 52.5 Å². The normalized spacial score (nSPS) is 22.8. The first-order chi connectivity index (χ1) is 13.3. The van der Waals surface area contributed by atoms with Gasteiger partial charge in [0.25, 0.3) is 0 Å². The van der Waals surface area contributed by atoms with Crippen molar-refractivity contribution in [1.82, 2.24) is 20.2 Å². The van der Waals surface area contributed by atoms with Gasteiger partial charge in [0.2, 0.25) is 11.9 Å². The number of piperidine rings is 1. The highest BCUT2D eigenvalue weighted by molar-refractivity contribution is 5.80. The molecule has 0 aliphatic carbocycles. The zero-order valence-corrected chi connectivity index (χ0v) is 17.1. The van der Waals surface area contributed by atoms with Gasteiger partial charge in [0.15, 0.2) is 0 Å². The van der Waals surface area contributed by atoms with Crippen LogP contribution in [-0.4, -0.2) is 64.7 Å². The number of anilines is 1. The largest absolute Gasteiger partial charge is 0.444 e. The summed E-state index contributed by atoms with van der Waals surface area (Å²) in [4.78, 5) is 37.8. The second kappa shape index (κ2) is 8.75. The lowest BCUT2D eigenvalue weighted by molar-refractivity contribution is -0.136. The lowest BCUT2D eigenvalue weighted by Crippen LogP contribution is -2.49. The number of hydrogen-bond acceptors (Lipinski definition) is 6. The fourth-order valence-corrected chi connectivity index (χ4v) is 3.90. The van der Waals surface area contributed by atoms with Gasteiger partial charge in [-0.1, -0.05) is 0 Å². The maximum absolute atomic E-state index is 13.2. The molecule has 28 heavy (non-hydrogen) atoms. The van der Waals surface area contributed by atoms with Crippen LogP contribution in [0.2, 0.25) is 0 Å². The molecule has 0 spiro atoms. The third-order valence-electron chi connectivity index (χ3n) is 5.15. The first-order valence-corrected chi connectivity index (χ1v) is 10.1. The number of nitrogens with zero attached hydrogens (tertiary/aromatic N) is 4. The Morgan fingerprint density at radius 2 is 1.89 bits per heavy atom. The molecule has 2 atom stereocenters. The van der Waals surface area contributed by atoms with E-state index in [-0.39, 0.29) is 17.9 Å². The second-order valence-corrected chi connectivity index (χ2v) is 8.54.